The molecule has 0 N–H and O–H groups in total. The molecule has 3 heteroatoms. The van der Waals surface area contributed by atoms with Gasteiger partial charge in [0.2, 0.25) is 0 Å². The maximum absolute atomic E-state index is 5.51. The Morgan fingerprint density at radius 1 is 1.14 bits per heavy atom. The summed E-state index contributed by atoms with van der Waals surface area (Å²) in [5.41, 5.74) is 2.40. The van der Waals surface area contributed by atoms with Gasteiger partial charge in [0.05, 0.1) is 18.5 Å². The van der Waals surface area contributed by atoms with Gasteiger partial charge >= 0.3 is 0 Å². The first kappa shape index (κ1) is 15.8. The number of aryl methyl sites for hydroxylation is 1. The van der Waals surface area contributed by atoms with Crippen LogP contribution < -0.4 is 0 Å². The van der Waals surface area contributed by atoms with Crippen molar-refractivity contribution in [3.8, 4) is 0 Å². The SMILES string of the molecule is CCc1ccc(CN(Cc2ccco2)[C@@H](C)C(C)C)nc1. The van der Waals surface area contributed by atoms with Crippen LogP contribution in [-0.2, 0) is 19.5 Å². The lowest BCUT2D eigenvalue weighted by atomic mass is 10.0. The highest BCUT2D eigenvalue weighted by Crippen LogP contribution is 2.17. The average Bonchev–Trinajstić information content (AvgIpc) is 2.99. The summed E-state index contributed by atoms with van der Waals surface area (Å²) in [6.07, 6.45) is 4.76. The molecule has 0 unspecified atom stereocenters. The van der Waals surface area contributed by atoms with Gasteiger partial charge in [0.15, 0.2) is 0 Å². The Kier molecular flexibility index (Phi) is 5.57. The zero-order chi connectivity index (χ0) is 15.2. The van der Waals surface area contributed by atoms with E-state index in [-0.39, 0.29) is 0 Å². The number of hydrogen-bond acceptors (Lipinski definition) is 3. The van der Waals surface area contributed by atoms with Gasteiger partial charge in [-0.05, 0) is 43.0 Å². The summed E-state index contributed by atoms with van der Waals surface area (Å²) >= 11 is 0. The van der Waals surface area contributed by atoms with Crippen molar-refractivity contribution >= 4 is 0 Å². The van der Waals surface area contributed by atoms with E-state index in [1.54, 1.807) is 6.26 Å². The van der Waals surface area contributed by atoms with Crippen LogP contribution >= 0.6 is 0 Å². The molecule has 2 aromatic heterocycles. The molecule has 3 nitrogen and oxygen atoms in total. The molecule has 0 aliphatic rings. The van der Waals surface area contributed by atoms with Crippen molar-refractivity contribution in [3.63, 3.8) is 0 Å². The molecule has 0 spiro atoms. The molecule has 0 saturated carbocycles. The lowest BCUT2D eigenvalue weighted by molar-refractivity contribution is 0.139. The Morgan fingerprint density at radius 2 is 1.95 bits per heavy atom. The largest absolute Gasteiger partial charge is 0.468 e. The lowest BCUT2D eigenvalue weighted by Crippen LogP contribution is -2.35. The third-order valence-electron chi connectivity index (χ3n) is 4.14. The molecule has 0 saturated heterocycles. The number of rotatable bonds is 7. The second-order valence-corrected chi connectivity index (χ2v) is 5.98. The highest BCUT2D eigenvalue weighted by atomic mass is 16.3. The molecule has 0 aromatic carbocycles. The summed E-state index contributed by atoms with van der Waals surface area (Å²) in [6.45, 7) is 10.6. The second-order valence-electron chi connectivity index (χ2n) is 5.98. The van der Waals surface area contributed by atoms with Crippen LogP contribution in [0.1, 0.15) is 44.7 Å². The summed E-state index contributed by atoms with van der Waals surface area (Å²) in [6, 6.07) is 8.77. The van der Waals surface area contributed by atoms with Crippen LogP contribution in [0.5, 0.6) is 0 Å². The van der Waals surface area contributed by atoms with Crippen LogP contribution in [-0.4, -0.2) is 15.9 Å². The predicted molar refractivity (Wildman–Crippen MR) is 85.9 cm³/mol. The van der Waals surface area contributed by atoms with Crippen LogP contribution in [0.4, 0.5) is 0 Å². The molecule has 1 atom stereocenters. The van der Waals surface area contributed by atoms with Crippen molar-refractivity contribution in [2.75, 3.05) is 0 Å². The summed E-state index contributed by atoms with van der Waals surface area (Å²) in [5.74, 6) is 1.60. The van der Waals surface area contributed by atoms with Crippen molar-refractivity contribution in [2.24, 2.45) is 5.92 Å². The van der Waals surface area contributed by atoms with E-state index in [0.29, 0.717) is 12.0 Å². The van der Waals surface area contributed by atoms with E-state index in [9.17, 15) is 0 Å². The quantitative estimate of drug-likeness (QED) is 0.760. The third-order valence-corrected chi connectivity index (χ3v) is 4.14. The minimum absolute atomic E-state index is 0.475. The van der Waals surface area contributed by atoms with E-state index in [4.69, 9.17) is 4.42 Å². The van der Waals surface area contributed by atoms with E-state index < -0.39 is 0 Å². The Hall–Kier alpha value is -1.61. The van der Waals surface area contributed by atoms with Gasteiger partial charge in [0.1, 0.15) is 5.76 Å². The molecule has 0 radical (unpaired) electrons. The number of aromatic nitrogens is 1. The molecule has 21 heavy (non-hydrogen) atoms. The van der Waals surface area contributed by atoms with Gasteiger partial charge in [-0.25, -0.2) is 0 Å². The Labute approximate surface area is 128 Å². The number of furan rings is 1. The van der Waals surface area contributed by atoms with Crippen LogP contribution in [0, 0.1) is 5.92 Å². The smallest absolute Gasteiger partial charge is 0.117 e. The third kappa shape index (κ3) is 4.43. The molecule has 0 bridgehead atoms. The van der Waals surface area contributed by atoms with E-state index in [1.165, 1.54) is 5.56 Å². The minimum Gasteiger partial charge on any atom is -0.468 e. The molecule has 0 aliphatic heterocycles. The summed E-state index contributed by atoms with van der Waals surface area (Å²) < 4.78 is 5.51. The zero-order valence-electron chi connectivity index (χ0n) is 13.5. The first-order chi connectivity index (χ1) is 10.1. The van der Waals surface area contributed by atoms with Gasteiger partial charge < -0.3 is 4.42 Å². The highest BCUT2D eigenvalue weighted by Gasteiger charge is 2.19. The van der Waals surface area contributed by atoms with Crippen molar-refractivity contribution < 1.29 is 4.42 Å². The molecular formula is C18H26N2O. The molecule has 0 amide bonds. The normalized spacial score (nSPS) is 13.0. The Bertz CT molecular complexity index is 517. The Morgan fingerprint density at radius 3 is 2.48 bits per heavy atom. The molecule has 2 rings (SSSR count). The minimum atomic E-state index is 0.475. The molecule has 2 aromatic rings. The zero-order valence-corrected chi connectivity index (χ0v) is 13.5. The summed E-state index contributed by atoms with van der Waals surface area (Å²) in [7, 11) is 0. The van der Waals surface area contributed by atoms with Crippen molar-refractivity contribution in [1.29, 1.82) is 0 Å². The van der Waals surface area contributed by atoms with Gasteiger partial charge in [0, 0.05) is 18.8 Å². The monoisotopic (exact) mass is 286 g/mol. The first-order valence-electron chi connectivity index (χ1n) is 7.80. The number of hydrogen-bond donors (Lipinski definition) is 0. The lowest BCUT2D eigenvalue weighted by Gasteiger charge is -2.30. The fraction of sp³-hybridized carbons (Fsp3) is 0.500. The first-order valence-corrected chi connectivity index (χ1v) is 7.80. The van der Waals surface area contributed by atoms with Gasteiger partial charge in [-0.15, -0.1) is 0 Å². The molecule has 114 valence electrons. The number of pyridine rings is 1. The van der Waals surface area contributed by atoms with E-state index in [0.717, 1.165) is 31.0 Å². The maximum Gasteiger partial charge on any atom is 0.117 e. The highest BCUT2D eigenvalue weighted by molar-refractivity contribution is 5.14. The van der Waals surface area contributed by atoms with Gasteiger partial charge in [0.25, 0.3) is 0 Å². The fourth-order valence-corrected chi connectivity index (χ4v) is 2.33. The topological polar surface area (TPSA) is 29.3 Å². The molecule has 0 fully saturated rings. The van der Waals surface area contributed by atoms with E-state index in [1.807, 2.05) is 18.3 Å². The van der Waals surface area contributed by atoms with E-state index in [2.05, 4.69) is 49.7 Å². The van der Waals surface area contributed by atoms with Crippen molar-refractivity contribution in [3.05, 3.63) is 53.7 Å². The number of nitrogens with zero attached hydrogens (tertiary/aromatic N) is 2. The van der Waals surface area contributed by atoms with E-state index >= 15 is 0 Å². The average molecular weight is 286 g/mol. The van der Waals surface area contributed by atoms with Crippen molar-refractivity contribution in [1.82, 2.24) is 9.88 Å². The summed E-state index contributed by atoms with van der Waals surface area (Å²) in [5, 5.41) is 0. The molecule has 2 heterocycles. The maximum atomic E-state index is 5.51. The van der Waals surface area contributed by atoms with Crippen LogP contribution in [0.25, 0.3) is 0 Å². The molecular weight excluding hydrogens is 260 g/mol. The van der Waals surface area contributed by atoms with Gasteiger partial charge in [-0.3, -0.25) is 9.88 Å². The van der Waals surface area contributed by atoms with Gasteiger partial charge in [-0.2, -0.15) is 0 Å². The standard InChI is InChI=1S/C18H26N2O/c1-5-16-8-9-17(19-11-16)12-20(15(4)14(2)3)13-18-7-6-10-21-18/h6-11,14-15H,5,12-13H2,1-4H3/t15-/m0/s1. The van der Waals surface area contributed by atoms with Crippen molar-refractivity contribution in [2.45, 2.75) is 53.2 Å². The van der Waals surface area contributed by atoms with Crippen LogP contribution in [0.15, 0.2) is 41.1 Å². The van der Waals surface area contributed by atoms with Crippen LogP contribution in [0.2, 0.25) is 0 Å². The molecule has 0 aliphatic carbocycles. The van der Waals surface area contributed by atoms with Gasteiger partial charge in [-0.1, -0.05) is 26.8 Å². The van der Waals surface area contributed by atoms with Crippen LogP contribution in [0.3, 0.4) is 0 Å². The fourth-order valence-electron chi connectivity index (χ4n) is 2.33. The predicted octanol–water partition coefficient (Wildman–Crippen LogP) is 4.28. The summed E-state index contributed by atoms with van der Waals surface area (Å²) in [4.78, 5) is 7.02. The Balaban J connectivity index is 2.10. The second kappa shape index (κ2) is 7.41.